The second-order valence-corrected chi connectivity index (χ2v) is 3.34. The van der Waals surface area contributed by atoms with Crippen molar-refractivity contribution in [2.75, 3.05) is 13.2 Å². The monoisotopic (exact) mass is 203 g/mol. The average molecular weight is 203 g/mol. The van der Waals surface area contributed by atoms with Crippen LogP contribution in [-0.2, 0) is 9.78 Å². The second kappa shape index (κ2) is 5.82. The van der Waals surface area contributed by atoms with Gasteiger partial charge in [-0.05, 0) is 25.7 Å². The van der Waals surface area contributed by atoms with Gasteiger partial charge >= 0.3 is 6.09 Å². The molecule has 0 aliphatic carbocycles. The molecule has 1 saturated heterocycles. The van der Waals surface area contributed by atoms with E-state index >= 15 is 0 Å². The Morgan fingerprint density at radius 3 is 3.00 bits per heavy atom. The summed E-state index contributed by atoms with van der Waals surface area (Å²) < 4.78 is 0. The zero-order chi connectivity index (χ0) is 10.4. The SMILES string of the molecule is CCCOOC1CCCCN1C(=O)O. The fourth-order valence-electron chi connectivity index (χ4n) is 1.43. The predicted molar refractivity (Wildman–Crippen MR) is 49.7 cm³/mol. The van der Waals surface area contributed by atoms with Gasteiger partial charge in [0, 0.05) is 6.54 Å². The number of piperidine rings is 1. The van der Waals surface area contributed by atoms with Crippen molar-refractivity contribution in [1.29, 1.82) is 0 Å². The van der Waals surface area contributed by atoms with Crippen molar-refractivity contribution in [2.45, 2.75) is 38.8 Å². The largest absolute Gasteiger partial charge is 0.465 e. The van der Waals surface area contributed by atoms with Gasteiger partial charge in [-0.25, -0.2) is 14.6 Å². The lowest BCUT2D eigenvalue weighted by atomic mass is 10.1. The lowest BCUT2D eigenvalue weighted by Gasteiger charge is -2.31. The second-order valence-electron chi connectivity index (χ2n) is 3.34. The highest BCUT2D eigenvalue weighted by molar-refractivity contribution is 5.65. The van der Waals surface area contributed by atoms with Crippen molar-refractivity contribution in [2.24, 2.45) is 0 Å². The third-order valence-electron chi connectivity index (χ3n) is 2.16. The molecule has 1 N–H and O–H groups in total. The molecule has 1 amide bonds. The van der Waals surface area contributed by atoms with E-state index in [1.54, 1.807) is 0 Å². The summed E-state index contributed by atoms with van der Waals surface area (Å²) in [4.78, 5) is 22.0. The van der Waals surface area contributed by atoms with Crippen LogP contribution in [0.3, 0.4) is 0 Å². The molecule has 1 heterocycles. The Hall–Kier alpha value is -0.810. The van der Waals surface area contributed by atoms with E-state index in [-0.39, 0.29) is 0 Å². The number of hydrogen-bond acceptors (Lipinski definition) is 3. The molecule has 5 nitrogen and oxygen atoms in total. The smallest absolute Gasteiger partial charge is 0.409 e. The first-order valence-corrected chi connectivity index (χ1v) is 5.03. The normalized spacial score (nSPS) is 22.4. The van der Waals surface area contributed by atoms with Gasteiger partial charge in [-0.2, -0.15) is 0 Å². The van der Waals surface area contributed by atoms with Crippen LogP contribution in [0.4, 0.5) is 4.79 Å². The van der Waals surface area contributed by atoms with Gasteiger partial charge in [0.2, 0.25) is 0 Å². The summed E-state index contributed by atoms with van der Waals surface area (Å²) in [6, 6.07) is 0. The van der Waals surface area contributed by atoms with E-state index in [1.807, 2.05) is 6.92 Å². The molecule has 1 fully saturated rings. The third-order valence-corrected chi connectivity index (χ3v) is 2.16. The Balaban J connectivity index is 2.34. The maximum absolute atomic E-state index is 10.8. The molecule has 0 aromatic rings. The van der Waals surface area contributed by atoms with E-state index < -0.39 is 12.3 Å². The highest BCUT2D eigenvalue weighted by Crippen LogP contribution is 2.18. The number of amides is 1. The minimum atomic E-state index is -0.935. The van der Waals surface area contributed by atoms with Gasteiger partial charge in [0.15, 0.2) is 6.23 Å². The minimum absolute atomic E-state index is 0.423. The fraction of sp³-hybridized carbons (Fsp3) is 0.889. The highest BCUT2D eigenvalue weighted by Gasteiger charge is 2.27. The number of rotatable bonds is 4. The zero-order valence-corrected chi connectivity index (χ0v) is 8.44. The Labute approximate surface area is 83.5 Å². The van der Waals surface area contributed by atoms with Crippen LogP contribution in [0, 0.1) is 0 Å². The molecule has 1 rings (SSSR count). The van der Waals surface area contributed by atoms with Crippen molar-refractivity contribution < 1.29 is 19.7 Å². The van der Waals surface area contributed by atoms with Crippen LogP contribution in [0.1, 0.15) is 32.6 Å². The molecular weight excluding hydrogens is 186 g/mol. The molecule has 14 heavy (non-hydrogen) atoms. The molecular formula is C9H17NO4. The summed E-state index contributed by atoms with van der Waals surface area (Å²) >= 11 is 0. The first kappa shape index (κ1) is 11.3. The topological polar surface area (TPSA) is 59.0 Å². The fourth-order valence-corrected chi connectivity index (χ4v) is 1.43. The quantitative estimate of drug-likeness (QED) is 0.430. The van der Waals surface area contributed by atoms with Crippen LogP contribution in [0.15, 0.2) is 0 Å². The van der Waals surface area contributed by atoms with Crippen molar-refractivity contribution in [3.8, 4) is 0 Å². The lowest BCUT2D eigenvalue weighted by Crippen LogP contribution is -2.44. The number of carboxylic acid groups (broad SMARTS) is 1. The highest BCUT2D eigenvalue weighted by atomic mass is 17.2. The molecule has 0 spiro atoms. The maximum atomic E-state index is 10.8. The number of nitrogens with zero attached hydrogens (tertiary/aromatic N) is 1. The van der Waals surface area contributed by atoms with Gasteiger partial charge in [-0.1, -0.05) is 6.92 Å². The molecule has 1 atom stereocenters. The molecule has 1 unspecified atom stereocenters. The van der Waals surface area contributed by atoms with Crippen LogP contribution in [0.25, 0.3) is 0 Å². The van der Waals surface area contributed by atoms with E-state index in [0.29, 0.717) is 13.2 Å². The average Bonchev–Trinajstić information content (AvgIpc) is 2.19. The molecule has 5 heteroatoms. The van der Waals surface area contributed by atoms with Gasteiger partial charge < -0.3 is 5.11 Å². The Morgan fingerprint density at radius 2 is 2.36 bits per heavy atom. The van der Waals surface area contributed by atoms with Crippen LogP contribution in [-0.4, -0.2) is 35.5 Å². The molecule has 1 aliphatic heterocycles. The van der Waals surface area contributed by atoms with Gasteiger partial charge in [0.25, 0.3) is 0 Å². The third kappa shape index (κ3) is 3.16. The van der Waals surface area contributed by atoms with E-state index in [2.05, 4.69) is 0 Å². The van der Waals surface area contributed by atoms with E-state index in [1.165, 1.54) is 4.90 Å². The Kier molecular flexibility index (Phi) is 4.69. The van der Waals surface area contributed by atoms with Crippen molar-refractivity contribution in [3.63, 3.8) is 0 Å². The van der Waals surface area contributed by atoms with Gasteiger partial charge in [0.1, 0.15) is 0 Å². The van der Waals surface area contributed by atoms with Crippen LogP contribution in [0.5, 0.6) is 0 Å². The van der Waals surface area contributed by atoms with Gasteiger partial charge in [-0.15, -0.1) is 0 Å². The summed E-state index contributed by atoms with van der Waals surface area (Å²) in [6.45, 7) is 3.01. The zero-order valence-electron chi connectivity index (χ0n) is 8.44. The number of hydrogen-bond donors (Lipinski definition) is 1. The minimum Gasteiger partial charge on any atom is -0.465 e. The van der Waals surface area contributed by atoms with E-state index in [9.17, 15) is 4.79 Å². The number of carbonyl (C=O) groups is 1. The van der Waals surface area contributed by atoms with Gasteiger partial charge in [-0.3, -0.25) is 4.90 Å². The molecule has 82 valence electrons. The van der Waals surface area contributed by atoms with E-state index in [0.717, 1.165) is 25.7 Å². The first-order chi connectivity index (χ1) is 6.75. The molecule has 0 aromatic carbocycles. The van der Waals surface area contributed by atoms with Crippen LogP contribution < -0.4 is 0 Å². The molecule has 0 bridgehead atoms. The van der Waals surface area contributed by atoms with Crippen LogP contribution >= 0.6 is 0 Å². The summed E-state index contributed by atoms with van der Waals surface area (Å²) in [5.74, 6) is 0. The van der Waals surface area contributed by atoms with Crippen molar-refractivity contribution >= 4 is 6.09 Å². The summed E-state index contributed by atoms with van der Waals surface area (Å²) in [7, 11) is 0. The molecule has 1 aliphatic rings. The Morgan fingerprint density at radius 1 is 1.57 bits per heavy atom. The standard InChI is InChI=1S/C9H17NO4/c1-2-7-13-14-8-5-3-4-6-10(8)9(11)12/h8H,2-7H2,1H3,(H,11,12). The van der Waals surface area contributed by atoms with Crippen LogP contribution in [0.2, 0.25) is 0 Å². The number of likely N-dealkylation sites (tertiary alicyclic amines) is 1. The Bertz CT molecular complexity index is 186. The van der Waals surface area contributed by atoms with E-state index in [4.69, 9.17) is 14.9 Å². The lowest BCUT2D eigenvalue weighted by molar-refractivity contribution is -0.351. The van der Waals surface area contributed by atoms with Crippen molar-refractivity contribution in [1.82, 2.24) is 4.90 Å². The first-order valence-electron chi connectivity index (χ1n) is 5.03. The molecule has 0 radical (unpaired) electrons. The summed E-state index contributed by atoms with van der Waals surface area (Å²) in [6.07, 6.45) is 2.11. The summed E-state index contributed by atoms with van der Waals surface area (Å²) in [5, 5.41) is 8.86. The molecule has 0 aromatic heterocycles. The maximum Gasteiger partial charge on any atom is 0.409 e. The molecule has 0 saturated carbocycles. The summed E-state index contributed by atoms with van der Waals surface area (Å²) in [5.41, 5.74) is 0. The van der Waals surface area contributed by atoms with Crippen molar-refractivity contribution in [3.05, 3.63) is 0 Å². The van der Waals surface area contributed by atoms with Gasteiger partial charge in [0.05, 0.1) is 6.61 Å². The predicted octanol–water partition coefficient (Wildman–Crippen LogP) is 1.83.